The molecular weight excluding hydrogens is 350 g/mol. The number of nitrogens with zero attached hydrogens (tertiary/aromatic N) is 2. The van der Waals surface area contributed by atoms with E-state index in [0.717, 1.165) is 25.7 Å². The predicted octanol–water partition coefficient (Wildman–Crippen LogP) is 2.03. The third-order valence-corrected chi connectivity index (χ3v) is 6.24. The summed E-state index contributed by atoms with van der Waals surface area (Å²) in [6.45, 7) is 0.706. The van der Waals surface area contributed by atoms with Gasteiger partial charge in [-0.1, -0.05) is 12.8 Å². The number of thiophene rings is 1. The molecule has 3 amide bonds. The van der Waals surface area contributed by atoms with Gasteiger partial charge in [-0.15, -0.1) is 0 Å². The van der Waals surface area contributed by atoms with E-state index in [1.54, 1.807) is 11.3 Å². The molecule has 1 N–H and O–H groups in total. The Bertz CT molecular complexity index is 635. The quantitative estimate of drug-likeness (QED) is 0.738. The molecule has 0 radical (unpaired) electrons. The molecule has 3 atom stereocenters. The molecule has 3 unspecified atom stereocenters. The molecule has 2 aliphatic rings. The van der Waals surface area contributed by atoms with E-state index in [-0.39, 0.29) is 48.6 Å². The van der Waals surface area contributed by atoms with Gasteiger partial charge in [0.05, 0.1) is 17.9 Å². The van der Waals surface area contributed by atoms with Gasteiger partial charge in [-0.2, -0.15) is 11.3 Å². The maximum Gasteiger partial charge on any atom is 0.233 e. The van der Waals surface area contributed by atoms with Crippen molar-refractivity contribution in [3.8, 4) is 0 Å². The molecule has 2 fully saturated rings. The summed E-state index contributed by atoms with van der Waals surface area (Å²) < 4.78 is 0. The number of rotatable bonds is 7. The molecule has 7 heteroatoms. The summed E-state index contributed by atoms with van der Waals surface area (Å²) in [4.78, 5) is 40.5. The van der Waals surface area contributed by atoms with Crippen LogP contribution in [0.2, 0.25) is 0 Å². The van der Waals surface area contributed by atoms with Crippen molar-refractivity contribution < 1.29 is 14.4 Å². The Morgan fingerprint density at radius 1 is 1.27 bits per heavy atom. The topological polar surface area (TPSA) is 69.7 Å². The molecule has 26 heavy (non-hydrogen) atoms. The van der Waals surface area contributed by atoms with Crippen molar-refractivity contribution in [1.29, 1.82) is 0 Å². The van der Waals surface area contributed by atoms with Crippen LogP contribution >= 0.6 is 11.3 Å². The minimum absolute atomic E-state index is 0.0723. The molecule has 1 aliphatic heterocycles. The molecular formula is C19H27N3O3S. The minimum Gasteiger partial charge on any atom is -0.354 e. The van der Waals surface area contributed by atoms with Crippen molar-refractivity contribution in [2.24, 2.45) is 11.8 Å². The third-order valence-electron chi connectivity index (χ3n) is 5.54. The zero-order chi connectivity index (χ0) is 18.7. The number of carbonyl (C=O) groups excluding carboxylic acids is 3. The summed E-state index contributed by atoms with van der Waals surface area (Å²) in [5.41, 5.74) is 1.18. The second-order valence-electron chi connectivity index (χ2n) is 7.42. The lowest BCUT2D eigenvalue weighted by atomic mass is 9.81. The van der Waals surface area contributed by atoms with Crippen LogP contribution in [0, 0.1) is 11.8 Å². The molecule has 0 spiro atoms. The van der Waals surface area contributed by atoms with Crippen molar-refractivity contribution in [2.75, 3.05) is 27.2 Å². The Kier molecular flexibility index (Phi) is 6.09. The van der Waals surface area contributed by atoms with Gasteiger partial charge in [0.15, 0.2) is 0 Å². The second kappa shape index (κ2) is 8.31. The van der Waals surface area contributed by atoms with Crippen LogP contribution in [0.25, 0.3) is 0 Å². The molecule has 1 saturated carbocycles. The zero-order valence-electron chi connectivity index (χ0n) is 15.4. The number of likely N-dealkylation sites (tertiary alicyclic amines) is 1. The van der Waals surface area contributed by atoms with E-state index < -0.39 is 0 Å². The first-order chi connectivity index (χ1) is 12.5. The fourth-order valence-corrected chi connectivity index (χ4v) is 4.73. The summed E-state index contributed by atoms with van der Waals surface area (Å²) >= 11 is 1.64. The van der Waals surface area contributed by atoms with Crippen LogP contribution in [-0.2, 0) is 14.4 Å². The Labute approximate surface area is 158 Å². The second-order valence-corrected chi connectivity index (χ2v) is 8.20. The fraction of sp³-hybridized carbons (Fsp3) is 0.632. The third kappa shape index (κ3) is 3.99. The van der Waals surface area contributed by atoms with Gasteiger partial charge in [0, 0.05) is 19.5 Å². The molecule has 1 aromatic rings. The van der Waals surface area contributed by atoms with Crippen molar-refractivity contribution >= 4 is 29.1 Å². The highest BCUT2D eigenvalue weighted by Gasteiger charge is 2.47. The van der Waals surface area contributed by atoms with E-state index in [1.165, 1.54) is 10.5 Å². The highest BCUT2D eigenvalue weighted by Crippen LogP contribution is 2.37. The largest absolute Gasteiger partial charge is 0.354 e. The minimum atomic E-state index is -0.143. The van der Waals surface area contributed by atoms with E-state index in [4.69, 9.17) is 0 Å². The normalized spacial score (nSPS) is 24.0. The number of fused-ring (bicyclic) bond motifs is 1. The summed E-state index contributed by atoms with van der Waals surface area (Å²) in [5.74, 6) is -0.552. The van der Waals surface area contributed by atoms with Crippen molar-refractivity contribution in [3.05, 3.63) is 22.4 Å². The average Bonchev–Trinajstić information content (AvgIpc) is 3.22. The summed E-state index contributed by atoms with van der Waals surface area (Å²) in [5, 5.41) is 7.05. The summed E-state index contributed by atoms with van der Waals surface area (Å²) in [6, 6.07) is 2.17. The Morgan fingerprint density at radius 3 is 2.46 bits per heavy atom. The van der Waals surface area contributed by atoms with E-state index in [1.807, 2.05) is 19.5 Å². The van der Waals surface area contributed by atoms with Gasteiger partial charge in [0.1, 0.15) is 0 Å². The Morgan fingerprint density at radius 2 is 1.92 bits per heavy atom. The molecule has 3 rings (SSSR count). The molecule has 2 heterocycles. The van der Waals surface area contributed by atoms with E-state index in [9.17, 15) is 14.4 Å². The van der Waals surface area contributed by atoms with Crippen LogP contribution in [0.4, 0.5) is 0 Å². The van der Waals surface area contributed by atoms with Gasteiger partial charge in [-0.25, -0.2) is 0 Å². The lowest BCUT2D eigenvalue weighted by molar-refractivity contribution is -0.140. The van der Waals surface area contributed by atoms with Crippen molar-refractivity contribution in [3.63, 3.8) is 0 Å². The highest BCUT2D eigenvalue weighted by molar-refractivity contribution is 7.07. The molecule has 0 aromatic carbocycles. The Hall–Kier alpha value is -1.73. The molecule has 0 bridgehead atoms. The molecule has 1 saturated heterocycles. The molecule has 142 valence electrons. The standard InChI is InChI=1S/C19H27N3O3S/c1-21(2)16(13-8-10-26-12-13)11-20-17(23)7-9-22-18(24)14-5-3-4-6-15(14)19(22)25/h8,10,12,14-16H,3-7,9,11H2,1-2H3,(H,20,23). The van der Waals surface area contributed by atoms with Gasteiger partial charge in [-0.3, -0.25) is 19.3 Å². The number of nitrogens with one attached hydrogen (secondary N) is 1. The average molecular weight is 378 g/mol. The number of carbonyl (C=O) groups is 3. The Balaban J connectivity index is 1.49. The number of imide groups is 1. The maximum absolute atomic E-state index is 12.4. The number of hydrogen-bond donors (Lipinski definition) is 1. The summed E-state index contributed by atoms with van der Waals surface area (Å²) in [7, 11) is 3.97. The van der Waals surface area contributed by atoms with E-state index in [0.29, 0.717) is 6.54 Å². The van der Waals surface area contributed by atoms with Crippen molar-refractivity contribution in [2.45, 2.75) is 38.1 Å². The number of hydrogen-bond acceptors (Lipinski definition) is 5. The van der Waals surface area contributed by atoms with Gasteiger partial charge >= 0.3 is 0 Å². The zero-order valence-corrected chi connectivity index (χ0v) is 16.3. The van der Waals surface area contributed by atoms with Crippen LogP contribution < -0.4 is 5.32 Å². The van der Waals surface area contributed by atoms with E-state index >= 15 is 0 Å². The highest BCUT2D eigenvalue weighted by atomic mass is 32.1. The van der Waals surface area contributed by atoms with Gasteiger partial charge < -0.3 is 10.2 Å². The molecule has 6 nitrogen and oxygen atoms in total. The van der Waals surface area contributed by atoms with Crippen LogP contribution in [-0.4, -0.2) is 54.7 Å². The predicted molar refractivity (Wildman–Crippen MR) is 101 cm³/mol. The number of amides is 3. The van der Waals surface area contributed by atoms with Crippen LogP contribution in [0.3, 0.4) is 0 Å². The number of likely N-dealkylation sites (N-methyl/N-ethyl adjacent to an activating group) is 1. The van der Waals surface area contributed by atoms with Crippen LogP contribution in [0.15, 0.2) is 16.8 Å². The lowest BCUT2D eigenvalue weighted by Crippen LogP contribution is -2.38. The van der Waals surface area contributed by atoms with E-state index in [2.05, 4.69) is 21.7 Å². The first-order valence-corrected chi connectivity index (χ1v) is 10.2. The SMILES string of the molecule is CN(C)C(CNC(=O)CCN1C(=O)C2CCCCC2C1=O)c1ccsc1. The summed E-state index contributed by atoms with van der Waals surface area (Å²) in [6.07, 6.45) is 3.82. The van der Waals surface area contributed by atoms with Gasteiger partial charge in [0.2, 0.25) is 17.7 Å². The van der Waals surface area contributed by atoms with Crippen molar-refractivity contribution in [1.82, 2.24) is 15.1 Å². The lowest BCUT2D eigenvalue weighted by Gasteiger charge is -2.24. The fourth-order valence-electron chi connectivity index (χ4n) is 4.03. The van der Waals surface area contributed by atoms with Gasteiger partial charge in [-0.05, 0) is 49.3 Å². The van der Waals surface area contributed by atoms with Crippen LogP contribution in [0.5, 0.6) is 0 Å². The first-order valence-electron chi connectivity index (χ1n) is 9.29. The molecule has 1 aliphatic carbocycles. The first kappa shape index (κ1) is 19.0. The maximum atomic E-state index is 12.4. The molecule has 1 aromatic heterocycles. The smallest absolute Gasteiger partial charge is 0.233 e. The van der Waals surface area contributed by atoms with Crippen LogP contribution in [0.1, 0.15) is 43.7 Å². The van der Waals surface area contributed by atoms with Gasteiger partial charge in [0.25, 0.3) is 0 Å². The monoisotopic (exact) mass is 377 g/mol.